The van der Waals surface area contributed by atoms with Crippen molar-refractivity contribution in [2.24, 2.45) is 0 Å². The molecule has 4 heteroatoms. The average Bonchev–Trinajstić information content (AvgIpc) is 2.29. The molecule has 0 spiro atoms. The van der Waals surface area contributed by atoms with Crippen LogP contribution in [0.15, 0.2) is 24.3 Å². The van der Waals surface area contributed by atoms with Crippen LogP contribution in [0.1, 0.15) is 24.3 Å². The highest BCUT2D eigenvalue weighted by Crippen LogP contribution is 2.27. The van der Waals surface area contributed by atoms with E-state index in [2.05, 4.69) is 0 Å². The summed E-state index contributed by atoms with van der Waals surface area (Å²) in [7, 11) is 0. The summed E-state index contributed by atoms with van der Waals surface area (Å²) in [5, 5.41) is 9.54. The molecule has 1 aliphatic rings. The summed E-state index contributed by atoms with van der Waals surface area (Å²) in [5.74, 6) is -0.317. The van der Waals surface area contributed by atoms with Crippen molar-refractivity contribution in [3.63, 3.8) is 0 Å². The summed E-state index contributed by atoms with van der Waals surface area (Å²) in [6.45, 7) is 1.86. The number of likely N-dealkylation sites (tertiary alicyclic amines) is 1. The second-order valence-electron chi connectivity index (χ2n) is 4.52. The lowest BCUT2D eigenvalue weighted by molar-refractivity contribution is -0.138. The first-order valence-electron chi connectivity index (χ1n) is 5.85. The Hall–Kier alpha value is -1.06. The Bertz CT molecular complexity index is 391. The molecule has 1 saturated heterocycles. The summed E-state index contributed by atoms with van der Waals surface area (Å²) in [5.41, 5.74) is 1.25. The summed E-state index contributed by atoms with van der Waals surface area (Å²) >= 11 is 5.86. The van der Waals surface area contributed by atoms with Crippen molar-refractivity contribution in [2.45, 2.75) is 18.8 Å². The van der Waals surface area contributed by atoms with Crippen LogP contribution in [0.3, 0.4) is 0 Å². The van der Waals surface area contributed by atoms with Crippen LogP contribution in [0.25, 0.3) is 0 Å². The molecular formula is C13H16ClNO2. The van der Waals surface area contributed by atoms with E-state index >= 15 is 0 Å². The van der Waals surface area contributed by atoms with Gasteiger partial charge in [-0.25, -0.2) is 0 Å². The quantitative estimate of drug-likeness (QED) is 0.900. The van der Waals surface area contributed by atoms with Gasteiger partial charge in [-0.15, -0.1) is 0 Å². The van der Waals surface area contributed by atoms with Crippen LogP contribution in [0.2, 0.25) is 5.02 Å². The molecule has 0 radical (unpaired) electrons. The Kier molecular flexibility index (Phi) is 4.02. The van der Waals surface area contributed by atoms with E-state index in [9.17, 15) is 4.79 Å². The molecule has 92 valence electrons. The highest BCUT2D eigenvalue weighted by molar-refractivity contribution is 6.30. The maximum absolute atomic E-state index is 10.7. The van der Waals surface area contributed by atoms with Gasteiger partial charge >= 0.3 is 5.97 Å². The molecule has 1 atom stereocenters. The third-order valence-corrected chi connectivity index (χ3v) is 3.46. The molecule has 0 unspecified atom stereocenters. The lowest BCUT2D eigenvalue weighted by atomic mass is 9.91. The smallest absolute Gasteiger partial charge is 0.317 e. The molecule has 0 saturated carbocycles. The van der Waals surface area contributed by atoms with Crippen molar-refractivity contribution in [1.29, 1.82) is 0 Å². The van der Waals surface area contributed by atoms with Gasteiger partial charge in [0.1, 0.15) is 0 Å². The maximum atomic E-state index is 10.7. The first-order valence-corrected chi connectivity index (χ1v) is 6.22. The molecule has 0 amide bonds. The molecular weight excluding hydrogens is 238 g/mol. The molecule has 1 aliphatic heterocycles. The number of rotatable bonds is 3. The van der Waals surface area contributed by atoms with Crippen LogP contribution in [-0.2, 0) is 4.79 Å². The number of halogens is 1. The predicted octanol–water partition coefficient (Wildman–Crippen LogP) is 2.60. The van der Waals surface area contributed by atoms with Gasteiger partial charge in [0.05, 0.1) is 6.54 Å². The zero-order valence-electron chi connectivity index (χ0n) is 9.60. The van der Waals surface area contributed by atoms with Gasteiger partial charge < -0.3 is 5.11 Å². The second kappa shape index (κ2) is 5.52. The zero-order chi connectivity index (χ0) is 12.3. The Morgan fingerprint density at radius 2 is 2.12 bits per heavy atom. The molecule has 3 nitrogen and oxygen atoms in total. The number of carboxylic acid groups (broad SMARTS) is 1. The lowest BCUT2D eigenvalue weighted by Gasteiger charge is -2.31. The minimum absolute atomic E-state index is 0.143. The Balaban J connectivity index is 2.01. The number of carboxylic acids is 1. The van der Waals surface area contributed by atoms with Crippen molar-refractivity contribution < 1.29 is 9.90 Å². The van der Waals surface area contributed by atoms with E-state index in [4.69, 9.17) is 16.7 Å². The SMILES string of the molecule is O=C(O)CN1CCC[C@@H](c2ccc(Cl)cc2)C1. The third-order valence-electron chi connectivity index (χ3n) is 3.21. The van der Waals surface area contributed by atoms with Gasteiger partial charge in [0.2, 0.25) is 0 Å². The minimum atomic E-state index is -0.748. The van der Waals surface area contributed by atoms with Crippen LogP contribution in [-0.4, -0.2) is 35.6 Å². The largest absolute Gasteiger partial charge is 0.480 e. The Morgan fingerprint density at radius 1 is 1.41 bits per heavy atom. The number of benzene rings is 1. The topological polar surface area (TPSA) is 40.5 Å². The highest BCUT2D eigenvalue weighted by Gasteiger charge is 2.22. The van der Waals surface area contributed by atoms with Crippen LogP contribution in [0, 0.1) is 0 Å². The van der Waals surface area contributed by atoms with E-state index in [1.54, 1.807) is 0 Å². The van der Waals surface area contributed by atoms with Gasteiger partial charge in [0.25, 0.3) is 0 Å². The standard InChI is InChI=1S/C13H16ClNO2/c14-12-5-3-10(4-6-12)11-2-1-7-15(8-11)9-13(16)17/h3-6,11H,1-2,7-9H2,(H,16,17)/t11-/m1/s1. The van der Waals surface area contributed by atoms with Crippen LogP contribution < -0.4 is 0 Å². The third kappa shape index (κ3) is 3.45. The maximum Gasteiger partial charge on any atom is 0.317 e. The molecule has 17 heavy (non-hydrogen) atoms. The molecule has 2 rings (SSSR count). The van der Waals surface area contributed by atoms with Crippen molar-refractivity contribution in [2.75, 3.05) is 19.6 Å². The minimum Gasteiger partial charge on any atom is -0.480 e. The van der Waals surface area contributed by atoms with E-state index in [0.29, 0.717) is 5.92 Å². The second-order valence-corrected chi connectivity index (χ2v) is 4.96. The fourth-order valence-electron chi connectivity index (χ4n) is 2.40. The average molecular weight is 254 g/mol. The Labute approximate surface area is 106 Å². The fourth-order valence-corrected chi connectivity index (χ4v) is 2.52. The molecule has 1 aromatic carbocycles. The zero-order valence-corrected chi connectivity index (χ0v) is 10.4. The van der Waals surface area contributed by atoms with Gasteiger partial charge in [-0.05, 0) is 43.0 Å². The van der Waals surface area contributed by atoms with Crippen molar-refractivity contribution >= 4 is 17.6 Å². The monoisotopic (exact) mass is 253 g/mol. The number of piperidine rings is 1. The summed E-state index contributed by atoms with van der Waals surface area (Å²) in [4.78, 5) is 12.7. The van der Waals surface area contributed by atoms with Gasteiger partial charge in [-0.1, -0.05) is 23.7 Å². The molecule has 0 aliphatic carbocycles. The Morgan fingerprint density at radius 3 is 2.76 bits per heavy atom. The summed E-state index contributed by atoms with van der Waals surface area (Å²) in [6, 6.07) is 7.87. The van der Waals surface area contributed by atoms with Crippen molar-refractivity contribution in [3.8, 4) is 0 Å². The highest BCUT2D eigenvalue weighted by atomic mass is 35.5. The first kappa shape index (κ1) is 12.4. The number of nitrogens with zero attached hydrogens (tertiary/aromatic N) is 1. The normalized spacial score (nSPS) is 21.4. The van der Waals surface area contributed by atoms with Gasteiger partial charge in [-0.2, -0.15) is 0 Å². The van der Waals surface area contributed by atoms with Gasteiger partial charge in [0.15, 0.2) is 0 Å². The molecule has 1 heterocycles. The van der Waals surface area contributed by atoms with Crippen molar-refractivity contribution in [3.05, 3.63) is 34.9 Å². The van der Waals surface area contributed by atoms with Crippen LogP contribution in [0.4, 0.5) is 0 Å². The number of hydrogen-bond donors (Lipinski definition) is 1. The van der Waals surface area contributed by atoms with Crippen molar-refractivity contribution in [1.82, 2.24) is 4.90 Å². The van der Waals surface area contributed by atoms with Crippen LogP contribution in [0.5, 0.6) is 0 Å². The van der Waals surface area contributed by atoms with Gasteiger partial charge in [0, 0.05) is 11.6 Å². The number of carbonyl (C=O) groups is 1. The predicted molar refractivity (Wildman–Crippen MR) is 67.5 cm³/mol. The summed E-state index contributed by atoms with van der Waals surface area (Å²) in [6.07, 6.45) is 2.18. The number of aliphatic carboxylic acids is 1. The molecule has 0 aromatic heterocycles. The van der Waals surface area contributed by atoms with E-state index in [0.717, 1.165) is 31.0 Å². The molecule has 1 N–H and O–H groups in total. The van der Waals surface area contributed by atoms with E-state index in [1.165, 1.54) is 5.56 Å². The first-order chi connectivity index (χ1) is 8.15. The summed E-state index contributed by atoms with van der Waals surface area (Å²) < 4.78 is 0. The van der Waals surface area contributed by atoms with E-state index < -0.39 is 5.97 Å². The molecule has 0 bridgehead atoms. The number of hydrogen-bond acceptors (Lipinski definition) is 2. The van der Waals surface area contributed by atoms with E-state index in [-0.39, 0.29) is 6.54 Å². The van der Waals surface area contributed by atoms with Crippen LogP contribution >= 0.6 is 11.6 Å². The molecule has 1 aromatic rings. The molecule has 1 fully saturated rings. The lowest BCUT2D eigenvalue weighted by Crippen LogP contribution is -2.37. The van der Waals surface area contributed by atoms with E-state index in [1.807, 2.05) is 29.2 Å². The fraction of sp³-hybridized carbons (Fsp3) is 0.462. The van der Waals surface area contributed by atoms with Gasteiger partial charge in [-0.3, -0.25) is 9.69 Å².